The van der Waals surface area contributed by atoms with Crippen molar-refractivity contribution in [2.75, 3.05) is 5.32 Å². The molecule has 0 aromatic carbocycles. The summed E-state index contributed by atoms with van der Waals surface area (Å²) < 4.78 is 0. The summed E-state index contributed by atoms with van der Waals surface area (Å²) in [6.45, 7) is 4.69. The Morgan fingerprint density at radius 3 is 2.93 bits per heavy atom. The molecule has 0 saturated heterocycles. The molecule has 2 rings (SSSR count). The zero-order valence-corrected chi connectivity index (χ0v) is 9.53. The smallest absolute Gasteiger partial charge is 0.144 e. The van der Waals surface area contributed by atoms with Gasteiger partial charge in [-0.2, -0.15) is 0 Å². The first-order valence-corrected chi connectivity index (χ1v) is 5.68. The predicted molar refractivity (Wildman–Crippen MR) is 61.7 cm³/mol. The molecule has 1 aromatic heterocycles. The average Bonchev–Trinajstić information content (AvgIpc) is 2.17. The van der Waals surface area contributed by atoms with Gasteiger partial charge in [0.15, 0.2) is 0 Å². The van der Waals surface area contributed by atoms with Crippen LogP contribution < -0.4 is 5.32 Å². The normalized spacial score (nSPS) is 24.8. The molecule has 3 nitrogen and oxygen atoms in total. The van der Waals surface area contributed by atoms with Gasteiger partial charge in [-0.05, 0) is 24.7 Å². The van der Waals surface area contributed by atoms with Gasteiger partial charge in [0.2, 0.25) is 0 Å². The van der Waals surface area contributed by atoms with E-state index in [9.17, 15) is 0 Å². The van der Waals surface area contributed by atoms with Gasteiger partial charge in [-0.1, -0.05) is 20.3 Å². The van der Waals surface area contributed by atoms with Crippen LogP contribution in [0.3, 0.4) is 0 Å². The lowest BCUT2D eigenvalue weighted by Gasteiger charge is -2.35. The number of nitrogens with zero attached hydrogens (tertiary/aromatic N) is 2. The van der Waals surface area contributed by atoms with Gasteiger partial charge in [-0.25, -0.2) is 4.98 Å². The number of anilines is 1. The summed E-state index contributed by atoms with van der Waals surface area (Å²) in [6.07, 6.45) is 10.4. The summed E-state index contributed by atoms with van der Waals surface area (Å²) >= 11 is 0. The lowest BCUT2D eigenvalue weighted by atomic mass is 9.75. The van der Waals surface area contributed by atoms with Gasteiger partial charge in [0.25, 0.3) is 0 Å². The highest BCUT2D eigenvalue weighted by Crippen LogP contribution is 2.35. The number of nitrogens with one attached hydrogen (secondary N) is 1. The van der Waals surface area contributed by atoms with Crippen LogP contribution in [0.25, 0.3) is 0 Å². The van der Waals surface area contributed by atoms with E-state index in [1.54, 1.807) is 18.6 Å². The Hall–Kier alpha value is -1.12. The van der Waals surface area contributed by atoms with Crippen molar-refractivity contribution in [2.45, 2.75) is 45.6 Å². The van der Waals surface area contributed by atoms with Crippen molar-refractivity contribution < 1.29 is 0 Å². The Labute approximate surface area is 91.3 Å². The summed E-state index contributed by atoms with van der Waals surface area (Å²) in [5.41, 5.74) is 0.470. The largest absolute Gasteiger partial charge is 0.366 e. The van der Waals surface area contributed by atoms with Crippen LogP contribution in [0.15, 0.2) is 18.6 Å². The van der Waals surface area contributed by atoms with Crippen molar-refractivity contribution in [3.63, 3.8) is 0 Å². The molecule has 0 aliphatic heterocycles. The zero-order valence-electron chi connectivity index (χ0n) is 9.53. The Kier molecular flexibility index (Phi) is 2.89. The van der Waals surface area contributed by atoms with E-state index in [-0.39, 0.29) is 0 Å². The molecule has 1 aromatic rings. The van der Waals surface area contributed by atoms with Gasteiger partial charge >= 0.3 is 0 Å². The number of hydrogen-bond acceptors (Lipinski definition) is 3. The van der Waals surface area contributed by atoms with Gasteiger partial charge in [0, 0.05) is 18.4 Å². The fraction of sp³-hybridized carbons (Fsp3) is 0.667. The van der Waals surface area contributed by atoms with Crippen molar-refractivity contribution >= 4 is 5.82 Å². The molecule has 3 heteroatoms. The lowest BCUT2D eigenvalue weighted by molar-refractivity contribution is 0.229. The van der Waals surface area contributed by atoms with Crippen molar-refractivity contribution in [1.29, 1.82) is 0 Å². The van der Waals surface area contributed by atoms with E-state index < -0.39 is 0 Å². The minimum absolute atomic E-state index is 0.470. The molecule has 1 fully saturated rings. The Morgan fingerprint density at radius 1 is 1.40 bits per heavy atom. The van der Waals surface area contributed by atoms with Crippen LogP contribution in [0.5, 0.6) is 0 Å². The molecule has 0 spiro atoms. The third-order valence-corrected chi connectivity index (χ3v) is 3.12. The molecule has 1 aliphatic carbocycles. The van der Waals surface area contributed by atoms with Gasteiger partial charge in [-0.3, -0.25) is 4.98 Å². The van der Waals surface area contributed by atoms with Crippen LogP contribution in [0.1, 0.15) is 39.5 Å². The number of aromatic nitrogens is 2. The summed E-state index contributed by atoms with van der Waals surface area (Å²) in [6, 6.07) is 0.561. The van der Waals surface area contributed by atoms with Crippen LogP contribution in [-0.2, 0) is 0 Å². The molecule has 15 heavy (non-hydrogen) atoms. The van der Waals surface area contributed by atoms with E-state index in [2.05, 4.69) is 29.1 Å². The van der Waals surface area contributed by atoms with Gasteiger partial charge < -0.3 is 5.32 Å². The van der Waals surface area contributed by atoms with Crippen LogP contribution in [0.2, 0.25) is 0 Å². The SMILES string of the molecule is CC1(C)CCCC(Nc2cnccn2)C1. The first kappa shape index (κ1) is 10.4. The summed E-state index contributed by atoms with van der Waals surface area (Å²) in [5, 5.41) is 3.46. The van der Waals surface area contributed by atoms with Gasteiger partial charge in [-0.15, -0.1) is 0 Å². The van der Waals surface area contributed by atoms with Crippen LogP contribution >= 0.6 is 0 Å². The fourth-order valence-corrected chi connectivity index (χ4v) is 2.40. The molecule has 1 atom stereocenters. The molecule has 1 unspecified atom stereocenters. The van der Waals surface area contributed by atoms with E-state index in [1.807, 2.05) is 0 Å². The Morgan fingerprint density at radius 2 is 2.27 bits per heavy atom. The topological polar surface area (TPSA) is 37.8 Å². The molecule has 0 bridgehead atoms. The van der Waals surface area contributed by atoms with Crippen LogP contribution in [0, 0.1) is 5.41 Å². The second-order valence-electron chi connectivity index (χ2n) is 5.19. The second-order valence-corrected chi connectivity index (χ2v) is 5.19. The average molecular weight is 205 g/mol. The minimum atomic E-state index is 0.470. The lowest BCUT2D eigenvalue weighted by Crippen LogP contribution is -2.32. The zero-order chi connectivity index (χ0) is 10.7. The van der Waals surface area contributed by atoms with E-state index in [4.69, 9.17) is 0 Å². The third-order valence-electron chi connectivity index (χ3n) is 3.12. The van der Waals surface area contributed by atoms with E-state index in [0.29, 0.717) is 11.5 Å². The third kappa shape index (κ3) is 2.91. The molecule has 82 valence electrons. The molecule has 1 heterocycles. The minimum Gasteiger partial charge on any atom is -0.366 e. The monoisotopic (exact) mass is 205 g/mol. The van der Waals surface area contributed by atoms with E-state index >= 15 is 0 Å². The van der Waals surface area contributed by atoms with Crippen LogP contribution in [-0.4, -0.2) is 16.0 Å². The molecular formula is C12H19N3. The maximum Gasteiger partial charge on any atom is 0.144 e. The van der Waals surface area contributed by atoms with E-state index in [1.165, 1.54) is 25.7 Å². The molecule has 1 saturated carbocycles. The highest BCUT2D eigenvalue weighted by atomic mass is 15.0. The predicted octanol–water partition coefficient (Wildman–Crippen LogP) is 2.86. The van der Waals surface area contributed by atoms with Crippen LogP contribution in [0.4, 0.5) is 5.82 Å². The van der Waals surface area contributed by atoms with Gasteiger partial charge in [0.05, 0.1) is 6.20 Å². The van der Waals surface area contributed by atoms with Crippen molar-refractivity contribution in [1.82, 2.24) is 9.97 Å². The summed E-state index contributed by atoms with van der Waals surface area (Å²) in [5.74, 6) is 0.903. The Balaban J connectivity index is 1.95. The van der Waals surface area contributed by atoms with Gasteiger partial charge in [0.1, 0.15) is 5.82 Å². The molecule has 0 radical (unpaired) electrons. The highest BCUT2D eigenvalue weighted by Gasteiger charge is 2.27. The fourth-order valence-electron chi connectivity index (χ4n) is 2.40. The quantitative estimate of drug-likeness (QED) is 0.806. The van der Waals surface area contributed by atoms with Crippen molar-refractivity contribution in [3.8, 4) is 0 Å². The second kappa shape index (κ2) is 4.17. The number of rotatable bonds is 2. The maximum atomic E-state index is 4.25. The molecular weight excluding hydrogens is 186 g/mol. The summed E-state index contributed by atoms with van der Waals surface area (Å²) in [7, 11) is 0. The molecule has 0 amide bonds. The van der Waals surface area contributed by atoms with E-state index in [0.717, 1.165) is 5.82 Å². The maximum absolute atomic E-state index is 4.25. The van der Waals surface area contributed by atoms with Crippen molar-refractivity contribution in [2.24, 2.45) is 5.41 Å². The molecule has 1 aliphatic rings. The summed E-state index contributed by atoms with van der Waals surface area (Å²) in [4.78, 5) is 8.31. The molecule has 1 N–H and O–H groups in total. The first-order valence-electron chi connectivity index (χ1n) is 5.68. The Bertz CT molecular complexity index is 308. The number of hydrogen-bond donors (Lipinski definition) is 1. The standard InChI is InChI=1S/C12H19N3/c1-12(2)5-3-4-10(8-12)15-11-9-13-6-7-14-11/h6-7,9-10H,3-5,8H2,1-2H3,(H,14,15). The first-order chi connectivity index (χ1) is 7.16. The van der Waals surface area contributed by atoms with Crippen molar-refractivity contribution in [3.05, 3.63) is 18.6 Å². The highest BCUT2D eigenvalue weighted by molar-refractivity contribution is 5.31.